The molecule has 1 aromatic heterocycles. The molecule has 1 saturated carbocycles. The van der Waals surface area contributed by atoms with E-state index in [4.69, 9.17) is 0 Å². The molecule has 24 heavy (non-hydrogen) atoms. The van der Waals surface area contributed by atoms with Gasteiger partial charge in [0.2, 0.25) is 0 Å². The van der Waals surface area contributed by atoms with Crippen LogP contribution in [-0.4, -0.2) is 10.1 Å². The number of halogens is 2. The minimum atomic E-state index is -0.340. The number of nitrogens with zero attached hydrogens (tertiary/aromatic N) is 1. The van der Waals surface area contributed by atoms with Crippen molar-refractivity contribution in [2.75, 3.05) is 0 Å². The van der Waals surface area contributed by atoms with Crippen LogP contribution in [0.4, 0.5) is 8.78 Å². The summed E-state index contributed by atoms with van der Waals surface area (Å²) in [5.74, 6) is -0.270. The molecule has 5 heteroatoms. The van der Waals surface area contributed by atoms with Gasteiger partial charge >= 0.3 is 0 Å². The molecule has 4 rings (SSSR count). The molecule has 1 heterocycles. The summed E-state index contributed by atoms with van der Waals surface area (Å²) in [4.78, 5) is 6.30. The van der Waals surface area contributed by atoms with Crippen LogP contribution < -0.4 is 0 Å². The minimum absolute atomic E-state index is 0.144. The zero-order chi connectivity index (χ0) is 16.7. The standard InChI is InChI=1S/C19H15F2NOS/c20-12-3-6-14(7-4-12)24-19-15-9-13(21)5-8-17(15)22-18(11-1-2-11)16(19)10-23/h3-9,11,23H,1-2,10H2. The molecule has 1 aliphatic carbocycles. The van der Waals surface area contributed by atoms with Crippen molar-refractivity contribution in [3.63, 3.8) is 0 Å². The van der Waals surface area contributed by atoms with Crippen molar-refractivity contribution in [2.45, 2.75) is 35.2 Å². The lowest BCUT2D eigenvalue weighted by Crippen LogP contribution is -2.01. The van der Waals surface area contributed by atoms with E-state index in [2.05, 4.69) is 4.98 Å². The van der Waals surface area contributed by atoms with Gasteiger partial charge in [-0.05, 0) is 55.3 Å². The second kappa shape index (κ2) is 6.15. The highest BCUT2D eigenvalue weighted by atomic mass is 32.2. The predicted octanol–water partition coefficient (Wildman–Crippen LogP) is 5.03. The summed E-state index contributed by atoms with van der Waals surface area (Å²) < 4.78 is 26.9. The maximum Gasteiger partial charge on any atom is 0.124 e. The Morgan fingerprint density at radius 3 is 2.42 bits per heavy atom. The predicted molar refractivity (Wildman–Crippen MR) is 90.1 cm³/mol. The van der Waals surface area contributed by atoms with Crippen LogP contribution >= 0.6 is 11.8 Å². The second-order valence-electron chi connectivity index (χ2n) is 5.95. The smallest absolute Gasteiger partial charge is 0.124 e. The molecule has 1 aliphatic rings. The Bertz CT molecular complexity index is 907. The van der Waals surface area contributed by atoms with Crippen LogP contribution in [0.25, 0.3) is 10.9 Å². The van der Waals surface area contributed by atoms with E-state index in [-0.39, 0.29) is 18.2 Å². The third-order valence-electron chi connectivity index (χ3n) is 4.18. The largest absolute Gasteiger partial charge is 0.392 e. The summed E-state index contributed by atoms with van der Waals surface area (Å²) in [5, 5.41) is 10.6. The van der Waals surface area contributed by atoms with Gasteiger partial charge in [-0.3, -0.25) is 4.98 Å². The monoisotopic (exact) mass is 343 g/mol. The van der Waals surface area contributed by atoms with Crippen molar-refractivity contribution in [2.24, 2.45) is 0 Å². The van der Waals surface area contributed by atoms with Crippen molar-refractivity contribution >= 4 is 22.7 Å². The van der Waals surface area contributed by atoms with E-state index in [0.717, 1.165) is 39.4 Å². The van der Waals surface area contributed by atoms with Crippen LogP contribution in [0.2, 0.25) is 0 Å². The normalized spacial score (nSPS) is 14.3. The highest BCUT2D eigenvalue weighted by Crippen LogP contribution is 2.45. The van der Waals surface area contributed by atoms with Crippen LogP contribution in [0, 0.1) is 11.6 Å². The van der Waals surface area contributed by atoms with Crippen LogP contribution in [-0.2, 0) is 6.61 Å². The fourth-order valence-corrected chi connectivity index (χ4v) is 3.92. The minimum Gasteiger partial charge on any atom is -0.392 e. The summed E-state index contributed by atoms with van der Waals surface area (Å²) in [5.41, 5.74) is 2.38. The number of pyridine rings is 1. The van der Waals surface area contributed by atoms with Crippen LogP contribution in [0.15, 0.2) is 52.3 Å². The quantitative estimate of drug-likeness (QED) is 0.721. The van der Waals surface area contributed by atoms with E-state index in [0.29, 0.717) is 11.3 Å². The van der Waals surface area contributed by atoms with E-state index in [9.17, 15) is 13.9 Å². The first-order valence-electron chi connectivity index (χ1n) is 7.82. The Kier molecular flexibility index (Phi) is 3.98. The van der Waals surface area contributed by atoms with Gasteiger partial charge in [-0.15, -0.1) is 0 Å². The van der Waals surface area contributed by atoms with Crippen LogP contribution in [0.3, 0.4) is 0 Å². The molecule has 0 radical (unpaired) electrons. The van der Waals surface area contributed by atoms with Gasteiger partial charge in [0.05, 0.1) is 17.8 Å². The van der Waals surface area contributed by atoms with Gasteiger partial charge in [-0.1, -0.05) is 11.8 Å². The van der Waals surface area contributed by atoms with E-state index in [1.807, 2.05) is 0 Å². The van der Waals surface area contributed by atoms with Crippen molar-refractivity contribution in [1.29, 1.82) is 0 Å². The SMILES string of the molecule is OCc1c(C2CC2)nc2ccc(F)cc2c1Sc1ccc(F)cc1. The topological polar surface area (TPSA) is 33.1 Å². The molecular weight excluding hydrogens is 328 g/mol. The van der Waals surface area contributed by atoms with Gasteiger partial charge in [0.15, 0.2) is 0 Å². The summed E-state index contributed by atoms with van der Waals surface area (Å²) in [6.07, 6.45) is 2.13. The Morgan fingerprint density at radius 1 is 1.04 bits per heavy atom. The van der Waals surface area contributed by atoms with Gasteiger partial charge in [0, 0.05) is 26.7 Å². The van der Waals surface area contributed by atoms with Gasteiger partial charge in [-0.2, -0.15) is 0 Å². The molecule has 0 amide bonds. The average molecular weight is 343 g/mol. The number of hydrogen-bond acceptors (Lipinski definition) is 3. The van der Waals surface area contributed by atoms with Crippen molar-refractivity contribution < 1.29 is 13.9 Å². The molecule has 0 atom stereocenters. The van der Waals surface area contributed by atoms with E-state index in [1.54, 1.807) is 18.2 Å². The highest BCUT2D eigenvalue weighted by molar-refractivity contribution is 7.99. The van der Waals surface area contributed by atoms with Gasteiger partial charge in [-0.25, -0.2) is 8.78 Å². The summed E-state index contributed by atoms with van der Waals surface area (Å²) in [7, 11) is 0. The van der Waals surface area contributed by atoms with E-state index >= 15 is 0 Å². The molecule has 122 valence electrons. The molecule has 2 nitrogen and oxygen atoms in total. The number of fused-ring (bicyclic) bond motifs is 1. The van der Waals surface area contributed by atoms with Crippen molar-refractivity contribution in [3.05, 3.63) is 65.4 Å². The average Bonchev–Trinajstić information content (AvgIpc) is 3.41. The van der Waals surface area contributed by atoms with Gasteiger partial charge < -0.3 is 5.11 Å². The van der Waals surface area contributed by atoms with Gasteiger partial charge in [0.25, 0.3) is 0 Å². The third kappa shape index (κ3) is 2.89. The molecule has 0 bridgehead atoms. The van der Waals surface area contributed by atoms with Gasteiger partial charge in [0.1, 0.15) is 11.6 Å². The fourth-order valence-electron chi connectivity index (χ4n) is 2.85. The summed E-state index contributed by atoms with van der Waals surface area (Å²) in [6, 6.07) is 10.7. The number of rotatable bonds is 4. The van der Waals surface area contributed by atoms with Crippen molar-refractivity contribution in [1.82, 2.24) is 4.98 Å². The van der Waals surface area contributed by atoms with E-state index in [1.165, 1.54) is 36.0 Å². The van der Waals surface area contributed by atoms with Crippen molar-refractivity contribution in [3.8, 4) is 0 Å². The number of aliphatic hydroxyl groups is 1. The van der Waals surface area contributed by atoms with Crippen LogP contribution in [0.1, 0.15) is 30.0 Å². The Labute approximate surface area is 142 Å². The Hall–Kier alpha value is -1.98. The molecule has 0 unspecified atom stereocenters. The number of aromatic nitrogens is 1. The lowest BCUT2D eigenvalue weighted by molar-refractivity contribution is 0.277. The zero-order valence-corrected chi connectivity index (χ0v) is 13.6. The summed E-state index contributed by atoms with van der Waals surface area (Å²) >= 11 is 1.41. The fraction of sp³-hybridized carbons (Fsp3) is 0.211. The third-order valence-corrected chi connectivity index (χ3v) is 5.36. The Morgan fingerprint density at radius 2 is 1.75 bits per heavy atom. The highest BCUT2D eigenvalue weighted by Gasteiger charge is 2.30. The Balaban J connectivity index is 1.92. The molecule has 1 fully saturated rings. The second-order valence-corrected chi connectivity index (χ2v) is 7.04. The van der Waals surface area contributed by atoms with Crippen LogP contribution in [0.5, 0.6) is 0 Å². The number of aliphatic hydroxyl groups excluding tert-OH is 1. The molecular formula is C19H15F2NOS. The van der Waals surface area contributed by atoms with E-state index < -0.39 is 0 Å². The molecule has 0 spiro atoms. The molecule has 0 saturated heterocycles. The molecule has 2 aromatic carbocycles. The molecule has 1 N–H and O–H groups in total. The first kappa shape index (κ1) is 15.5. The summed E-state index contributed by atoms with van der Waals surface area (Å²) in [6.45, 7) is -0.144. The maximum absolute atomic E-state index is 13.8. The lowest BCUT2D eigenvalue weighted by atomic mass is 10.1. The maximum atomic E-state index is 13.8. The zero-order valence-electron chi connectivity index (χ0n) is 12.8. The first-order valence-corrected chi connectivity index (χ1v) is 8.63. The number of hydrogen-bond donors (Lipinski definition) is 1. The lowest BCUT2D eigenvalue weighted by Gasteiger charge is -2.15. The first-order chi connectivity index (χ1) is 11.7. The molecule has 0 aliphatic heterocycles. The molecule has 3 aromatic rings. The number of benzene rings is 2.